The van der Waals surface area contributed by atoms with E-state index in [4.69, 9.17) is 4.52 Å². The summed E-state index contributed by atoms with van der Waals surface area (Å²) in [5.41, 5.74) is 2.77. The van der Waals surface area contributed by atoms with E-state index in [-0.39, 0.29) is 18.2 Å². The van der Waals surface area contributed by atoms with Crippen LogP contribution in [0.4, 0.5) is 0 Å². The predicted molar refractivity (Wildman–Crippen MR) is 98.7 cm³/mol. The van der Waals surface area contributed by atoms with E-state index >= 15 is 0 Å². The monoisotopic (exact) mass is 344 g/mol. The lowest BCUT2D eigenvalue weighted by molar-refractivity contribution is 0.0951. The van der Waals surface area contributed by atoms with Gasteiger partial charge in [0.1, 0.15) is 11.3 Å². The van der Waals surface area contributed by atoms with E-state index in [2.05, 4.69) is 10.5 Å². The smallest absolute Gasteiger partial charge is 0.251 e. The molecule has 0 saturated carbocycles. The van der Waals surface area contributed by atoms with Crippen LogP contribution in [0.25, 0.3) is 22.2 Å². The van der Waals surface area contributed by atoms with Crippen molar-refractivity contribution >= 4 is 16.8 Å². The molecule has 26 heavy (non-hydrogen) atoms. The second kappa shape index (κ2) is 6.72. The molecule has 2 N–H and O–H groups in total. The lowest BCUT2D eigenvalue weighted by Crippen LogP contribution is -2.22. The molecule has 1 aromatic heterocycles. The zero-order valence-corrected chi connectivity index (χ0v) is 13.8. The highest BCUT2D eigenvalue weighted by molar-refractivity contribution is 6.00. The van der Waals surface area contributed by atoms with Crippen LogP contribution in [0.3, 0.4) is 0 Å². The second-order valence-corrected chi connectivity index (χ2v) is 5.92. The molecule has 0 aliphatic carbocycles. The summed E-state index contributed by atoms with van der Waals surface area (Å²) in [7, 11) is 0. The number of fused-ring (bicyclic) bond motifs is 1. The van der Waals surface area contributed by atoms with E-state index in [1.54, 1.807) is 36.4 Å². The predicted octanol–water partition coefficient (Wildman–Crippen LogP) is 4.13. The lowest BCUT2D eigenvalue weighted by atomic mass is 10.1. The molecular weight excluding hydrogens is 328 g/mol. The molecule has 0 aliphatic heterocycles. The molecule has 0 fully saturated rings. The number of aromatic nitrogens is 1. The van der Waals surface area contributed by atoms with Crippen molar-refractivity contribution in [3.05, 3.63) is 83.9 Å². The summed E-state index contributed by atoms with van der Waals surface area (Å²) in [6.45, 7) is 0.249. The van der Waals surface area contributed by atoms with Gasteiger partial charge in [-0.1, -0.05) is 53.7 Å². The molecule has 0 radical (unpaired) electrons. The van der Waals surface area contributed by atoms with Crippen LogP contribution in [0.5, 0.6) is 5.75 Å². The number of rotatable bonds is 4. The van der Waals surface area contributed by atoms with Crippen molar-refractivity contribution in [3.63, 3.8) is 0 Å². The van der Waals surface area contributed by atoms with Crippen molar-refractivity contribution in [2.75, 3.05) is 0 Å². The number of phenols is 1. The molecule has 0 atom stereocenters. The molecule has 0 aliphatic rings. The van der Waals surface area contributed by atoms with Crippen molar-refractivity contribution in [2.24, 2.45) is 0 Å². The highest BCUT2D eigenvalue weighted by Crippen LogP contribution is 2.29. The quantitative estimate of drug-likeness (QED) is 0.584. The van der Waals surface area contributed by atoms with Crippen molar-refractivity contribution in [1.82, 2.24) is 10.5 Å². The SMILES string of the molecule is O=C(NCc1ccccc1O)c1ccc2noc(-c3ccccc3)c2c1. The minimum absolute atomic E-state index is 0.161. The van der Waals surface area contributed by atoms with E-state index in [9.17, 15) is 9.90 Å². The highest BCUT2D eigenvalue weighted by Gasteiger charge is 2.14. The summed E-state index contributed by atoms with van der Waals surface area (Å²) in [4.78, 5) is 12.5. The number of nitrogens with one attached hydrogen (secondary N) is 1. The fraction of sp³-hybridized carbons (Fsp3) is 0.0476. The van der Waals surface area contributed by atoms with Crippen molar-refractivity contribution in [2.45, 2.75) is 6.54 Å². The normalized spacial score (nSPS) is 10.8. The molecule has 0 saturated heterocycles. The number of aromatic hydroxyl groups is 1. The van der Waals surface area contributed by atoms with Crippen LogP contribution >= 0.6 is 0 Å². The minimum Gasteiger partial charge on any atom is -0.508 e. The van der Waals surface area contributed by atoms with Gasteiger partial charge in [0, 0.05) is 23.2 Å². The first-order chi connectivity index (χ1) is 12.7. The number of amides is 1. The molecule has 4 aromatic rings. The lowest BCUT2D eigenvalue weighted by Gasteiger charge is -2.07. The molecular formula is C21H16N2O3. The van der Waals surface area contributed by atoms with Crippen molar-refractivity contribution in [1.29, 1.82) is 0 Å². The Morgan fingerprint density at radius 3 is 2.58 bits per heavy atom. The fourth-order valence-electron chi connectivity index (χ4n) is 2.82. The summed E-state index contributed by atoms with van der Waals surface area (Å²) in [6, 6.07) is 21.8. The van der Waals surface area contributed by atoms with E-state index in [0.29, 0.717) is 22.4 Å². The molecule has 0 unspecified atom stereocenters. The van der Waals surface area contributed by atoms with Gasteiger partial charge in [-0.15, -0.1) is 0 Å². The Balaban J connectivity index is 1.60. The molecule has 3 aromatic carbocycles. The number of benzene rings is 3. The third-order valence-electron chi connectivity index (χ3n) is 4.21. The Hall–Kier alpha value is -3.60. The van der Waals surface area contributed by atoms with Crippen LogP contribution in [-0.2, 0) is 6.54 Å². The maximum atomic E-state index is 12.5. The van der Waals surface area contributed by atoms with E-state index in [0.717, 1.165) is 10.9 Å². The first-order valence-electron chi connectivity index (χ1n) is 8.22. The first-order valence-corrected chi connectivity index (χ1v) is 8.22. The fourth-order valence-corrected chi connectivity index (χ4v) is 2.82. The number of hydrogen-bond donors (Lipinski definition) is 2. The van der Waals surface area contributed by atoms with Crippen LogP contribution < -0.4 is 5.32 Å². The van der Waals surface area contributed by atoms with Gasteiger partial charge in [0.25, 0.3) is 5.91 Å². The van der Waals surface area contributed by atoms with Gasteiger partial charge in [0.15, 0.2) is 5.76 Å². The van der Waals surface area contributed by atoms with Gasteiger partial charge >= 0.3 is 0 Å². The average Bonchev–Trinajstić information content (AvgIpc) is 3.11. The molecule has 0 spiro atoms. The van der Waals surface area contributed by atoms with Crippen LogP contribution in [0.1, 0.15) is 15.9 Å². The van der Waals surface area contributed by atoms with Gasteiger partial charge in [0.2, 0.25) is 0 Å². The van der Waals surface area contributed by atoms with Crippen LogP contribution in [-0.4, -0.2) is 16.2 Å². The third kappa shape index (κ3) is 3.02. The van der Waals surface area contributed by atoms with Crippen molar-refractivity contribution < 1.29 is 14.4 Å². The van der Waals surface area contributed by atoms with E-state index in [1.807, 2.05) is 36.4 Å². The molecule has 5 heteroatoms. The summed E-state index contributed by atoms with van der Waals surface area (Å²) < 4.78 is 5.47. The zero-order chi connectivity index (χ0) is 17.9. The zero-order valence-electron chi connectivity index (χ0n) is 13.8. The van der Waals surface area contributed by atoms with E-state index < -0.39 is 0 Å². The summed E-state index contributed by atoms with van der Waals surface area (Å²) in [5.74, 6) is 0.569. The Labute approximate surface area is 149 Å². The first kappa shape index (κ1) is 15.9. The molecule has 5 nitrogen and oxygen atoms in total. The Kier molecular flexibility index (Phi) is 4.11. The number of hydrogen-bond acceptors (Lipinski definition) is 4. The maximum absolute atomic E-state index is 12.5. The van der Waals surface area contributed by atoms with E-state index in [1.165, 1.54) is 0 Å². The van der Waals surface area contributed by atoms with Crippen LogP contribution in [0.2, 0.25) is 0 Å². The molecule has 1 amide bonds. The molecule has 128 valence electrons. The Morgan fingerprint density at radius 1 is 1.00 bits per heavy atom. The van der Waals surface area contributed by atoms with Crippen molar-refractivity contribution in [3.8, 4) is 17.1 Å². The summed E-state index contributed by atoms with van der Waals surface area (Å²) >= 11 is 0. The number of para-hydroxylation sites is 1. The number of carbonyl (C=O) groups is 1. The minimum atomic E-state index is -0.227. The van der Waals surface area contributed by atoms with Crippen LogP contribution in [0, 0.1) is 0 Å². The molecule has 1 heterocycles. The summed E-state index contributed by atoms with van der Waals surface area (Å²) in [5, 5.41) is 17.5. The number of carbonyl (C=O) groups excluding carboxylic acids is 1. The number of nitrogens with zero attached hydrogens (tertiary/aromatic N) is 1. The molecule has 4 rings (SSSR count). The molecule has 0 bridgehead atoms. The standard InChI is InChI=1S/C21H16N2O3/c24-19-9-5-4-8-16(19)13-22-21(25)15-10-11-18-17(12-15)20(26-23-18)14-6-2-1-3-7-14/h1-12,24H,13H2,(H,22,25). The largest absolute Gasteiger partial charge is 0.508 e. The van der Waals surface area contributed by atoms with Gasteiger partial charge in [-0.2, -0.15) is 0 Å². The highest BCUT2D eigenvalue weighted by atomic mass is 16.5. The Bertz CT molecular complexity index is 1070. The second-order valence-electron chi connectivity index (χ2n) is 5.92. The van der Waals surface area contributed by atoms with Gasteiger partial charge in [-0.25, -0.2) is 0 Å². The van der Waals surface area contributed by atoms with Crippen LogP contribution in [0.15, 0.2) is 77.3 Å². The number of phenolic OH excluding ortho intramolecular Hbond substituents is 1. The third-order valence-corrected chi connectivity index (χ3v) is 4.21. The topological polar surface area (TPSA) is 75.4 Å². The maximum Gasteiger partial charge on any atom is 0.251 e. The van der Waals surface area contributed by atoms with Gasteiger partial charge in [-0.3, -0.25) is 4.79 Å². The van der Waals surface area contributed by atoms with Gasteiger partial charge < -0.3 is 14.9 Å². The summed E-state index contributed by atoms with van der Waals surface area (Å²) in [6.07, 6.45) is 0. The average molecular weight is 344 g/mol. The Morgan fingerprint density at radius 2 is 1.77 bits per heavy atom. The van der Waals surface area contributed by atoms with Gasteiger partial charge in [0.05, 0.1) is 5.39 Å². The van der Waals surface area contributed by atoms with Gasteiger partial charge in [-0.05, 0) is 24.3 Å².